The molecule has 9 nitrogen and oxygen atoms in total. The predicted molar refractivity (Wildman–Crippen MR) is 109 cm³/mol. The van der Waals surface area contributed by atoms with Gasteiger partial charge in [0, 0.05) is 29.2 Å². The van der Waals surface area contributed by atoms with Crippen molar-refractivity contribution in [3.8, 4) is 0 Å². The standard InChI is InChI=1S/C18H24N3O6PS/c1-18(2,3)10-16(23)20-14-6-4-13(5-7-14)15(22)11-19-17-21(8-9-29-17)12-27-28(24,25)26/h4-9H,10-12H2,1-3H3,(H,20,23)(H2,24,25,26)/b19-17-. The van der Waals surface area contributed by atoms with Crippen molar-refractivity contribution in [3.05, 3.63) is 46.2 Å². The van der Waals surface area contributed by atoms with Gasteiger partial charge in [-0.15, -0.1) is 11.3 Å². The van der Waals surface area contributed by atoms with Crippen molar-refractivity contribution < 1.29 is 28.5 Å². The van der Waals surface area contributed by atoms with Gasteiger partial charge in [-0.3, -0.25) is 23.7 Å². The molecule has 0 unspecified atom stereocenters. The fraction of sp³-hybridized carbons (Fsp3) is 0.389. The lowest BCUT2D eigenvalue weighted by molar-refractivity contribution is -0.117. The third kappa shape index (κ3) is 8.43. The Balaban J connectivity index is 1.98. The normalized spacial score (nSPS) is 12.8. The molecule has 0 bridgehead atoms. The zero-order valence-electron chi connectivity index (χ0n) is 16.4. The molecule has 0 fully saturated rings. The van der Waals surface area contributed by atoms with Gasteiger partial charge >= 0.3 is 7.82 Å². The monoisotopic (exact) mass is 441 g/mol. The minimum absolute atomic E-state index is 0.0913. The highest BCUT2D eigenvalue weighted by Crippen LogP contribution is 2.35. The molecule has 29 heavy (non-hydrogen) atoms. The number of phosphoric ester groups is 1. The first-order valence-corrected chi connectivity index (χ1v) is 11.1. The Hall–Kier alpha value is -2.10. The molecule has 1 heterocycles. The average Bonchev–Trinajstić information content (AvgIpc) is 3.03. The maximum Gasteiger partial charge on any atom is 0.471 e. The summed E-state index contributed by atoms with van der Waals surface area (Å²) in [5.74, 6) is -0.320. The van der Waals surface area contributed by atoms with Crippen LogP contribution in [0.15, 0.2) is 40.8 Å². The van der Waals surface area contributed by atoms with Crippen LogP contribution < -0.4 is 10.1 Å². The molecule has 1 aromatic heterocycles. The van der Waals surface area contributed by atoms with Crippen molar-refractivity contribution in [2.45, 2.75) is 33.9 Å². The molecule has 158 valence electrons. The highest BCUT2D eigenvalue weighted by molar-refractivity contribution is 7.46. The number of Topliss-reactive ketones (excluding diaryl/α,β-unsaturated/α-hetero) is 1. The zero-order chi connectivity index (χ0) is 21.7. The van der Waals surface area contributed by atoms with Crippen molar-refractivity contribution >= 4 is 36.5 Å². The van der Waals surface area contributed by atoms with Crippen LogP contribution in [0.1, 0.15) is 37.6 Å². The van der Waals surface area contributed by atoms with Crippen LogP contribution in [0.4, 0.5) is 5.69 Å². The fourth-order valence-electron chi connectivity index (χ4n) is 2.32. The summed E-state index contributed by atoms with van der Waals surface area (Å²) in [5.41, 5.74) is 0.937. The van der Waals surface area contributed by atoms with Crippen molar-refractivity contribution in [1.82, 2.24) is 4.57 Å². The number of thiazole rings is 1. The minimum Gasteiger partial charge on any atom is -0.326 e. The number of aromatic nitrogens is 1. The van der Waals surface area contributed by atoms with Gasteiger partial charge in [-0.2, -0.15) is 0 Å². The summed E-state index contributed by atoms with van der Waals surface area (Å²) in [6.45, 7) is 5.43. The van der Waals surface area contributed by atoms with E-state index in [0.29, 0.717) is 22.5 Å². The van der Waals surface area contributed by atoms with Gasteiger partial charge in [-0.25, -0.2) is 4.57 Å². The summed E-state index contributed by atoms with van der Waals surface area (Å²) >= 11 is 1.21. The number of phosphoric acid groups is 1. The number of ketones is 1. The molecule has 0 aliphatic rings. The van der Waals surface area contributed by atoms with Crippen LogP contribution in [-0.4, -0.2) is 32.6 Å². The van der Waals surface area contributed by atoms with Gasteiger partial charge in [0.25, 0.3) is 0 Å². The van der Waals surface area contributed by atoms with E-state index in [-0.39, 0.29) is 30.4 Å². The smallest absolute Gasteiger partial charge is 0.326 e. The van der Waals surface area contributed by atoms with Crippen LogP contribution in [0.25, 0.3) is 0 Å². The molecular weight excluding hydrogens is 417 g/mol. The molecule has 0 saturated heterocycles. The third-order valence-electron chi connectivity index (χ3n) is 3.56. The summed E-state index contributed by atoms with van der Waals surface area (Å²) in [6, 6.07) is 6.55. The van der Waals surface area contributed by atoms with Gasteiger partial charge in [-0.05, 0) is 29.7 Å². The Morgan fingerprint density at radius 2 is 1.90 bits per heavy atom. The van der Waals surface area contributed by atoms with Crippen LogP contribution in [0, 0.1) is 5.41 Å². The Morgan fingerprint density at radius 3 is 2.48 bits per heavy atom. The first-order chi connectivity index (χ1) is 13.4. The Bertz CT molecular complexity index is 968. The van der Waals surface area contributed by atoms with E-state index in [9.17, 15) is 14.2 Å². The first-order valence-electron chi connectivity index (χ1n) is 8.71. The lowest BCUT2D eigenvalue weighted by atomic mass is 9.92. The second-order valence-electron chi connectivity index (χ2n) is 7.51. The van der Waals surface area contributed by atoms with Crippen LogP contribution >= 0.6 is 19.2 Å². The van der Waals surface area contributed by atoms with Gasteiger partial charge in [0.2, 0.25) is 5.91 Å². The second-order valence-corrected chi connectivity index (χ2v) is 9.62. The second kappa shape index (κ2) is 9.60. The molecule has 0 saturated carbocycles. The highest BCUT2D eigenvalue weighted by atomic mass is 32.1. The average molecular weight is 441 g/mol. The number of rotatable bonds is 8. The lowest BCUT2D eigenvalue weighted by Crippen LogP contribution is -2.19. The molecule has 2 aromatic rings. The quantitative estimate of drug-likeness (QED) is 0.427. The highest BCUT2D eigenvalue weighted by Gasteiger charge is 2.16. The number of benzene rings is 1. The zero-order valence-corrected chi connectivity index (χ0v) is 18.1. The fourth-order valence-corrected chi connectivity index (χ4v) is 3.31. The Kier molecular flexibility index (Phi) is 7.67. The van der Waals surface area contributed by atoms with E-state index >= 15 is 0 Å². The van der Waals surface area contributed by atoms with E-state index in [2.05, 4.69) is 14.8 Å². The maximum atomic E-state index is 12.3. The van der Waals surface area contributed by atoms with E-state index in [4.69, 9.17) is 9.79 Å². The topological polar surface area (TPSA) is 130 Å². The number of hydrogen-bond donors (Lipinski definition) is 3. The van der Waals surface area contributed by atoms with E-state index in [1.54, 1.807) is 35.8 Å². The molecule has 0 atom stereocenters. The predicted octanol–water partition coefficient (Wildman–Crippen LogP) is 2.77. The van der Waals surface area contributed by atoms with Crippen molar-refractivity contribution in [2.75, 3.05) is 11.9 Å². The number of carbonyl (C=O) groups excluding carboxylic acids is 2. The summed E-state index contributed by atoms with van der Waals surface area (Å²) in [7, 11) is -4.59. The largest absolute Gasteiger partial charge is 0.471 e. The van der Waals surface area contributed by atoms with E-state index in [0.717, 1.165) is 0 Å². The number of nitrogens with zero attached hydrogens (tertiary/aromatic N) is 2. The van der Waals surface area contributed by atoms with Gasteiger partial charge in [0.15, 0.2) is 10.6 Å². The summed E-state index contributed by atoms with van der Waals surface area (Å²) in [4.78, 5) is 46.5. The minimum atomic E-state index is -4.59. The maximum absolute atomic E-state index is 12.3. The number of nitrogens with one attached hydrogen (secondary N) is 1. The van der Waals surface area contributed by atoms with E-state index in [1.165, 1.54) is 15.9 Å². The van der Waals surface area contributed by atoms with Crippen LogP contribution in [0.2, 0.25) is 0 Å². The lowest BCUT2D eigenvalue weighted by Gasteiger charge is -2.17. The van der Waals surface area contributed by atoms with E-state index < -0.39 is 7.82 Å². The molecule has 0 aliphatic heterocycles. The number of amides is 1. The van der Waals surface area contributed by atoms with Gasteiger partial charge in [-0.1, -0.05) is 20.8 Å². The molecule has 1 amide bonds. The third-order valence-corrected chi connectivity index (χ3v) is 4.85. The molecule has 11 heteroatoms. The summed E-state index contributed by atoms with van der Waals surface area (Å²) in [6.07, 6.45) is 1.94. The molecule has 1 aromatic carbocycles. The summed E-state index contributed by atoms with van der Waals surface area (Å²) < 4.78 is 16.6. The molecule has 0 aliphatic carbocycles. The van der Waals surface area contributed by atoms with Crippen LogP contribution in [-0.2, 0) is 20.6 Å². The van der Waals surface area contributed by atoms with E-state index in [1.807, 2.05) is 20.8 Å². The number of anilines is 1. The first kappa shape index (κ1) is 23.2. The van der Waals surface area contributed by atoms with Gasteiger partial charge < -0.3 is 15.1 Å². The number of carbonyl (C=O) groups is 2. The van der Waals surface area contributed by atoms with Crippen molar-refractivity contribution in [3.63, 3.8) is 0 Å². The van der Waals surface area contributed by atoms with Crippen molar-refractivity contribution in [2.24, 2.45) is 10.4 Å². The SMILES string of the molecule is CC(C)(C)CC(=O)Nc1ccc(C(=O)C/N=c2\sccn2COP(=O)(O)O)cc1. The molecule has 2 rings (SSSR count). The molecule has 3 N–H and O–H groups in total. The summed E-state index contributed by atoms with van der Waals surface area (Å²) in [5, 5.41) is 4.47. The Labute approximate surface area is 172 Å². The van der Waals surface area contributed by atoms with Gasteiger partial charge in [0.1, 0.15) is 13.3 Å². The Morgan fingerprint density at radius 1 is 1.24 bits per heavy atom. The number of hydrogen-bond acceptors (Lipinski definition) is 6. The molecule has 0 spiro atoms. The van der Waals surface area contributed by atoms with Crippen LogP contribution in [0.5, 0.6) is 0 Å². The molecule has 0 radical (unpaired) electrons. The van der Waals surface area contributed by atoms with Gasteiger partial charge in [0.05, 0.1) is 0 Å². The van der Waals surface area contributed by atoms with Crippen molar-refractivity contribution in [1.29, 1.82) is 0 Å². The molecular formula is C18H24N3O6PS. The van der Waals surface area contributed by atoms with Crippen LogP contribution in [0.3, 0.4) is 0 Å².